The average molecular weight is 402 g/mol. The third kappa shape index (κ3) is 4.47. The Morgan fingerprint density at radius 1 is 0.759 bits per heavy atom. The van der Waals surface area contributed by atoms with E-state index < -0.39 is 0 Å². The third-order valence-corrected chi connectivity index (χ3v) is 4.75. The molecule has 0 fully saturated rings. The van der Waals surface area contributed by atoms with Crippen LogP contribution in [0.3, 0.4) is 0 Å². The first kappa shape index (κ1) is 18.8. The number of rotatable bonds is 6. The number of nitrogens with zero attached hydrogens (tertiary/aromatic N) is 2. The zero-order chi connectivity index (χ0) is 20.1. The van der Waals surface area contributed by atoms with Crippen LogP contribution in [0.5, 0.6) is 0 Å². The van der Waals surface area contributed by atoms with Gasteiger partial charge in [0.05, 0.1) is 6.04 Å². The van der Waals surface area contributed by atoms with Gasteiger partial charge in [-0.05, 0) is 29.3 Å². The lowest BCUT2D eigenvalue weighted by molar-refractivity contribution is 0.924. The molecule has 4 rings (SSSR count). The lowest BCUT2D eigenvalue weighted by Gasteiger charge is -2.22. The molecule has 0 amide bonds. The molecular weight excluding hydrogens is 382 g/mol. The molecule has 0 saturated carbocycles. The molecule has 4 aromatic rings. The number of nitrogen functional groups attached to an aromatic ring is 1. The lowest BCUT2D eigenvalue weighted by Crippen LogP contribution is -2.15. The summed E-state index contributed by atoms with van der Waals surface area (Å²) < 4.78 is 0. The van der Waals surface area contributed by atoms with Crippen LogP contribution in [0.4, 0.5) is 23.0 Å². The number of aromatic nitrogens is 2. The highest BCUT2D eigenvalue weighted by Crippen LogP contribution is 2.31. The van der Waals surface area contributed by atoms with Crippen LogP contribution in [-0.2, 0) is 0 Å². The second-order valence-electron chi connectivity index (χ2n) is 6.52. The summed E-state index contributed by atoms with van der Waals surface area (Å²) in [5.41, 5.74) is 9.85. The molecule has 1 aromatic heterocycles. The van der Waals surface area contributed by atoms with Crippen molar-refractivity contribution in [1.82, 2.24) is 9.97 Å². The van der Waals surface area contributed by atoms with Crippen molar-refractivity contribution in [3.63, 3.8) is 0 Å². The van der Waals surface area contributed by atoms with Crippen molar-refractivity contribution in [2.45, 2.75) is 6.04 Å². The maximum Gasteiger partial charge on any atom is 0.159 e. The minimum Gasteiger partial charge on any atom is -0.393 e. The first-order valence-electron chi connectivity index (χ1n) is 9.20. The lowest BCUT2D eigenvalue weighted by atomic mass is 9.99. The van der Waals surface area contributed by atoms with E-state index in [0.29, 0.717) is 22.3 Å². The molecule has 5 nitrogen and oxygen atoms in total. The fourth-order valence-corrected chi connectivity index (χ4v) is 3.29. The van der Waals surface area contributed by atoms with Gasteiger partial charge in [0.2, 0.25) is 0 Å². The average Bonchev–Trinajstić information content (AvgIpc) is 2.76. The standard InChI is InChI=1S/C23H20ClN5/c24-18-12-7-13-19(14-18)28-22-20(25)23(27-15-26-22)29-21(16-8-3-1-4-9-16)17-10-5-2-6-11-17/h1-15,21H,25H2,(H2,26,27,28,29). The monoisotopic (exact) mass is 401 g/mol. The van der Waals surface area contributed by atoms with E-state index in [9.17, 15) is 0 Å². The van der Waals surface area contributed by atoms with Crippen molar-refractivity contribution in [2.24, 2.45) is 0 Å². The van der Waals surface area contributed by atoms with Gasteiger partial charge >= 0.3 is 0 Å². The molecule has 6 heteroatoms. The van der Waals surface area contributed by atoms with Gasteiger partial charge in [-0.2, -0.15) is 0 Å². The van der Waals surface area contributed by atoms with Crippen molar-refractivity contribution in [3.8, 4) is 0 Å². The molecule has 0 unspecified atom stereocenters. The van der Waals surface area contributed by atoms with Crippen LogP contribution in [0.1, 0.15) is 17.2 Å². The second kappa shape index (κ2) is 8.63. The smallest absolute Gasteiger partial charge is 0.159 e. The Hall–Kier alpha value is -3.57. The van der Waals surface area contributed by atoms with Crippen molar-refractivity contribution < 1.29 is 0 Å². The van der Waals surface area contributed by atoms with Gasteiger partial charge in [-0.1, -0.05) is 78.3 Å². The van der Waals surface area contributed by atoms with Gasteiger partial charge in [-0.3, -0.25) is 0 Å². The maximum absolute atomic E-state index is 6.39. The van der Waals surface area contributed by atoms with Gasteiger partial charge in [-0.15, -0.1) is 0 Å². The predicted octanol–water partition coefficient (Wildman–Crippen LogP) is 5.66. The summed E-state index contributed by atoms with van der Waals surface area (Å²) in [6.07, 6.45) is 1.48. The van der Waals surface area contributed by atoms with Gasteiger partial charge < -0.3 is 16.4 Å². The molecule has 3 aromatic carbocycles. The van der Waals surface area contributed by atoms with Crippen LogP contribution in [-0.4, -0.2) is 9.97 Å². The topological polar surface area (TPSA) is 75.9 Å². The SMILES string of the molecule is Nc1c(Nc2cccc(Cl)c2)ncnc1NC(c1ccccc1)c1ccccc1. The van der Waals surface area contributed by atoms with Crippen LogP contribution in [0.15, 0.2) is 91.3 Å². The van der Waals surface area contributed by atoms with Crippen LogP contribution in [0, 0.1) is 0 Å². The summed E-state index contributed by atoms with van der Waals surface area (Å²) in [6, 6.07) is 27.7. The van der Waals surface area contributed by atoms with E-state index in [1.54, 1.807) is 0 Å². The largest absolute Gasteiger partial charge is 0.393 e. The van der Waals surface area contributed by atoms with Gasteiger partial charge in [0.15, 0.2) is 11.6 Å². The normalized spacial score (nSPS) is 10.7. The molecule has 4 N–H and O–H groups in total. The van der Waals surface area contributed by atoms with Gasteiger partial charge in [-0.25, -0.2) is 9.97 Å². The van der Waals surface area contributed by atoms with Crippen molar-refractivity contribution in [1.29, 1.82) is 0 Å². The highest BCUT2D eigenvalue weighted by Gasteiger charge is 2.17. The highest BCUT2D eigenvalue weighted by atomic mass is 35.5. The Morgan fingerprint density at radius 3 is 2.00 bits per heavy atom. The second-order valence-corrected chi connectivity index (χ2v) is 6.96. The maximum atomic E-state index is 6.39. The summed E-state index contributed by atoms with van der Waals surface area (Å²) in [5.74, 6) is 1.08. The van der Waals surface area contributed by atoms with E-state index >= 15 is 0 Å². The van der Waals surface area contributed by atoms with Crippen LogP contribution in [0.2, 0.25) is 5.02 Å². The van der Waals surface area contributed by atoms with Gasteiger partial charge in [0.25, 0.3) is 0 Å². The molecule has 0 spiro atoms. The number of benzene rings is 3. The van der Waals surface area contributed by atoms with Crippen molar-refractivity contribution >= 4 is 34.6 Å². The molecular formula is C23H20ClN5. The molecule has 0 radical (unpaired) electrons. The van der Waals surface area contributed by atoms with Crippen LogP contribution < -0.4 is 16.4 Å². The number of halogens is 1. The fourth-order valence-electron chi connectivity index (χ4n) is 3.10. The van der Waals surface area contributed by atoms with E-state index in [1.807, 2.05) is 60.7 Å². The Morgan fingerprint density at radius 2 is 1.38 bits per heavy atom. The van der Waals surface area contributed by atoms with E-state index in [0.717, 1.165) is 16.8 Å². The number of nitrogens with two attached hydrogens (primary N) is 1. The number of nitrogens with one attached hydrogen (secondary N) is 2. The van der Waals surface area contributed by atoms with E-state index in [2.05, 4.69) is 44.9 Å². The van der Waals surface area contributed by atoms with Gasteiger partial charge in [0.1, 0.15) is 12.0 Å². The summed E-state index contributed by atoms with van der Waals surface area (Å²) in [6.45, 7) is 0. The van der Waals surface area contributed by atoms with Crippen LogP contribution in [0.25, 0.3) is 0 Å². The molecule has 0 saturated heterocycles. The molecule has 144 valence electrons. The zero-order valence-corrected chi connectivity index (χ0v) is 16.3. The summed E-state index contributed by atoms with van der Waals surface area (Å²) >= 11 is 6.07. The molecule has 0 atom stereocenters. The number of hydrogen-bond acceptors (Lipinski definition) is 5. The first-order valence-corrected chi connectivity index (χ1v) is 9.58. The molecule has 0 aliphatic carbocycles. The molecule has 0 aliphatic rings. The number of hydrogen-bond donors (Lipinski definition) is 3. The van der Waals surface area contributed by atoms with Crippen molar-refractivity contribution in [2.75, 3.05) is 16.4 Å². The van der Waals surface area contributed by atoms with E-state index in [-0.39, 0.29) is 6.04 Å². The van der Waals surface area contributed by atoms with Crippen LogP contribution >= 0.6 is 11.6 Å². The van der Waals surface area contributed by atoms with E-state index in [4.69, 9.17) is 17.3 Å². The summed E-state index contributed by atoms with van der Waals surface area (Å²) in [4.78, 5) is 8.66. The molecule has 0 aliphatic heterocycles. The molecule has 1 heterocycles. The minimum atomic E-state index is -0.103. The predicted molar refractivity (Wildman–Crippen MR) is 120 cm³/mol. The highest BCUT2D eigenvalue weighted by molar-refractivity contribution is 6.30. The molecule has 29 heavy (non-hydrogen) atoms. The number of anilines is 4. The third-order valence-electron chi connectivity index (χ3n) is 4.52. The first-order chi connectivity index (χ1) is 14.2. The Bertz CT molecular complexity index is 1050. The summed E-state index contributed by atoms with van der Waals surface area (Å²) in [7, 11) is 0. The Labute approximate surface area is 174 Å². The zero-order valence-electron chi connectivity index (χ0n) is 15.6. The van der Waals surface area contributed by atoms with E-state index in [1.165, 1.54) is 6.33 Å². The molecule has 0 bridgehead atoms. The van der Waals surface area contributed by atoms with Crippen molar-refractivity contribution in [3.05, 3.63) is 107 Å². The van der Waals surface area contributed by atoms with Gasteiger partial charge in [0, 0.05) is 10.7 Å². The summed E-state index contributed by atoms with van der Waals surface area (Å²) in [5, 5.41) is 7.31. The quantitative estimate of drug-likeness (QED) is 0.388. The fraction of sp³-hybridized carbons (Fsp3) is 0.0435. The minimum absolute atomic E-state index is 0.103. The Kier molecular flexibility index (Phi) is 5.59. The Balaban J connectivity index is 1.66.